The zero-order valence-corrected chi connectivity index (χ0v) is 13.6. The Hall–Kier alpha value is -1.66. The van der Waals surface area contributed by atoms with Gasteiger partial charge in [-0.25, -0.2) is 4.83 Å². The first-order chi connectivity index (χ1) is 10.1. The van der Waals surface area contributed by atoms with Gasteiger partial charge in [0, 0.05) is 10.7 Å². The second-order valence-electron chi connectivity index (χ2n) is 4.38. The molecule has 0 atom stereocenters. The van der Waals surface area contributed by atoms with Gasteiger partial charge in [-0.1, -0.05) is 46.3 Å². The molecule has 2 aromatic rings. The summed E-state index contributed by atoms with van der Waals surface area (Å²) in [6.45, 7) is 0. The van der Waals surface area contributed by atoms with E-state index in [0.717, 1.165) is 10.9 Å². The predicted octanol–water partition coefficient (Wildman–Crippen LogP) is 3.35. The summed E-state index contributed by atoms with van der Waals surface area (Å²) < 4.78 is 24.7. The van der Waals surface area contributed by atoms with Gasteiger partial charge in [0.05, 0.1) is 4.90 Å². The lowest BCUT2D eigenvalue weighted by molar-refractivity contribution is 0.584. The molecule has 0 amide bonds. The molecule has 4 nitrogen and oxygen atoms in total. The van der Waals surface area contributed by atoms with Gasteiger partial charge < -0.3 is 0 Å². The van der Waals surface area contributed by atoms with Crippen LogP contribution in [0.15, 0.2) is 69.1 Å². The van der Waals surface area contributed by atoms with Crippen molar-refractivity contribution in [3.05, 3.63) is 64.6 Å². The average molecular weight is 367 g/mol. The van der Waals surface area contributed by atoms with Gasteiger partial charge in [0.15, 0.2) is 0 Å². The minimum atomic E-state index is -3.59. The molecule has 0 spiro atoms. The van der Waals surface area contributed by atoms with E-state index in [9.17, 15) is 8.42 Å². The maximum atomic E-state index is 11.9. The predicted molar refractivity (Wildman–Crippen MR) is 87.7 cm³/mol. The molecule has 1 N–H and O–H groups in total. The van der Waals surface area contributed by atoms with Crippen LogP contribution >= 0.6 is 15.9 Å². The summed E-state index contributed by atoms with van der Waals surface area (Å²) in [6, 6.07) is 16.4. The lowest BCUT2D eigenvalue weighted by atomic mass is 10.1. The number of aryl methyl sites for hydroxylation is 1. The maximum absolute atomic E-state index is 11.9. The van der Waals surface area contributed by atoms with Crippen molar-refractivity contribution in [1.29, 1.82) is 0 Å². The van der Waals surface area contributed by atoms with E-state index >= 15 is 0 Å². The first kappa shape index (κ1) is 15.7. The standard InChI is InChI=1S/C15H15BrN2O2S/c16-14-8-10-15(11-9-14)21(19,20)18-17-12-4-7-13-5-2-1-3-6-13/h1-3,5-6,8-12,18H,4,7H2/b17-12-. The van der Waals surface area contributed by atoms with Gasteiger partial charge >= 0.3 is 0 Å². The SMILES string of the molecule is O=S(=O)(N/N=C\CCc1ccccc1)c1ccc(Br)cc1. The Morgan fingerprint density at radius 1 is 1.05 bits per heavy atom. The second kappa shape index (κ2) is 7.38. The maximum Gasteiger partial charge on any atom is 0.276 e. The average Bonchev–Trinajstić information content (AvgIpc) is 2.48. The number of rotatable bonds is 6. The first-order valence-corrected chi connectivity index (χ1v) is 8.68. The molecule has 0 aliphatic heterocycles. The smallest absolute Gasteiger partial charge is 0.200 e. The highest BCUT2D eigenvalue weighted by molar-refractivity contribution is 9.10. The number of hydrazone groups is 1. The number of hydrogen-bond acceptors (Lipinski definition) is 3. The van der Waals surface area contributed by atoms with Gasteiger partial charge in [0.25, 0.3) is 10.0 Å². The van der Waals surface area contributed by atoms with Crippen molar-refractivity contribution in [1.82, 2.24) is 4.83 Å². The van der Waals surface area contributed by atoms with Crippen LogP contribution in [0.1, 0.15) is 12.0 Å². The highest BCUT2D eigenvalue weighted by atomic mass is 79.9. The van der Waals surface area contributed by atoms with Gasteiger partial charge in [-0.05, 0) is 42.7 Å². The van der Waals surface area contributed by atoms with E-state index in [0.29, 0.717) is 6.42 Å². The van der Waals surface area contributed by atoms with Gasteiger partial charge in [-0.2, -0.15) is 13.5 Å². The van der Waals surface area contributed by atoms with Crippen LogP contribution in [0.2, 0.25) is 0 Å². The number of benzene rings is 2. The molecule has 0 fully saturated rings. The van der Waals surface area contributed by atoms with Gasteiger partial charge in [-0.3, -0.25) is 0 Å². The third-order valence-electron chi connectivity index (χ3n) is 2.79. The van der Waals surface area contributed by atoms with Gasteiger partial charge in [0.2, 0.25) is 0 Å². The largest absolute Gasteiger partial charge is 0.276 e. The quantitative estimate of drug-likeness (QED) is 0.629. The second-order valence-corrected chi connectivity index (χ2v) is 6.96. The molecule has 0 aliphatic carbocycles. The van der Waals surface area contributed by atoms with E-state index in [1.807, 2.05) is 30.3 Å². The van der Waals surface area contributed by atoms with Crippen LogP contribution in [0.25, 0.3) is 0 Å². The summed E-state index contributed by atoms with van der Waals surface area (Å²) >= 11 is 3.26. The van der Waals surface area contributed by atoms with E-state index in [4.69, 9.17) is 0 Å². The molecule has 21 heavy (non-hydrogen) atoms. The molecule has 0 aromatic heterocycles. The molecule has 0 aliphatic rings. The van der Waals surface area contributed by atoms with Crippen LogP contribution in [-0.4, -0.2) is 14.6 Å². The molecule has 0 bridgehead atoms. The number of nitrogens with zero attached hydrogens (tertiary/aromatic N) is 1. The number of nitrogens with one attached hydrogen (secondary N) is 1. The molecule has 110 valence electrons. The zero-order chi connectivity index (χ0) is 15.1. The summed E-state index contributed by atoms with van der Waals surface area (Å²) in [4.78, 5) is 2.39. The third-order valence-corrected chi connectivity index (χ3v) is 4.56. The van der Waals surface area contributed by atoms with Crippen molar-refractivity contribution in [3.63, 3.8) is 0 Å². The molecular formula is C15H15BrN2O2S. The van der Waals surface area contributed by atoms with Crippen LogP contribution in [0.4, 0.5) is 0 Å². The molecule has 0 unspecified atom stereocenters. The molecule has 2 rings (SSSR count). The van der Waals surface area contributed by atoms with Gasteiger partial charge in [0.1, 0.15) is 0 Å². The topological polar surface area (TPSA) is 58.5 Å². The summed E-state index contributed by atoms with van der Waals surface area (Å²) in [7, 11) is -3.59. The molecule has 0 radical (unpaired) electrons. The fourth-order valence-electron chi connectivity index (χ4n) is 1.71. The van der Waals surface area contributed by atoms with Crippen molar-refractivity contribution in [3.8, 4) is 0 Å². The lowest BCUT2D eigenvalue weighted by Crippen LogP contribution is -2.18. The van der Waals surface area contributed by atoms with E-state index in [2.05, 4.69) is 25.9 Å². The van der Waals surface area contributed by atoms with Crippen molar-refractivity contribution in [2.24, 2.45) is 5.10 Å². The number of hydrogen-bond donors (Lipinski definition) is 1. The van der Waals surface area contributed by atoms with Crippen LogP contribution in [0, 0.1) is 0 Å². The summed E-state index contributed by atoms with van der Waals surface area (Å²) in [6.07, 6.45) is 3.07. The van der Waals surface area contributed by atoms with E-state index < -0.39 is 10.0 Å². The highest BCUT2D eigenvalue weighted by Gasteiger charge is 2.11. The minimum Gasteiger partial charge on any atom is -0.200 e. The Bertz CT molecular complexity index is 698. The Labute approximate surface area is 133 Å². The van der Waals surface area contributed by atoms with E-state index in [1.54, 1.807) is 18.3 Å². The van der Waals surface area contributed by atoms with Crippen molar-refractivity contribution in [2.75, 3.05) is 0 Å². The molecule has 2 aromatic carbocycles. The third kappa shape index (κ3) is 4.99. The number of sulfonamides is 1. The monoisotopic (exact) mass is 366 g/mol. The fraction of sp³-hybridized carbons (Fsp3) is 0.133. The van der Waals surface area contributed by atoms with Crippen LogP contribution in [0.3, 0.4) is 0 Å². The van der Waals surface area contributed by atoms with Crippen molar-refractivity contribution in [2.45, 2.75) is 17.7 Å². The lowest BCUT2D eigenvalue weighted by Gasteiger charge is -2.03. The van der Waals surface area contributed by atoms with E-state index in [-0.39, 0.29) is 4.90 Å². The van der Waals surface area contributed by atoms with Gasteiger partial charge in [-0.15, -0.1) is 0 Å². The molecule has 6 heteroatoms. The van der Waals surface area contributed by atoms with E-state index in [1.165, 1.54) is 17.7 Å². The zero-order valence-electron chi connectivity index (χ0n) is 11.2. The molecular weight excluding hydrogens is 352 g/mol. The Kier molecular flexibility index (Phi) is 5.52. The fourth-order valence-corrected chi connectivity index (χ4v) is 2.79. The molecule has 0 saturated heterocycles. The summed E-state index contributed by atoms with van der Waals surface area (Å²) in [5, 5.41) is 3.78. The summed E-state index contributed by atoms with van der Waals surface area (Å²) in [5.41, 5.74) is 1.19. The Morgan fingerprint density at radius 2 is 1.71 bits per heavy atom. The van der Waals surface area contributed by atoms with Crippen LogP contribution in [0.5, 0.6) is 0 Å². The molecule has 0 heterocycles. The Balaban J connectivity index is 1.87. The Morgan fingerprint density at radius 3 is 2.38 bits per heavy atom. The summed E-state index contributed by atoms with van der Waals surface area (Å²) in [5.74, 6) is 0. The molecule has 0 saturated carbocycles. The first-order valence-electron chi connectivity index (χ1n) is 6.41. The highest BCUT2D eigenvalue weighted by Crippen LogP contribution is 2.14. The minimum absolute atomic E-state index is 0.186. The number of halogens is 1. The van der Waals surface area contributed by atoms with Crippen molar-refractivity contribution < 1.29 is 8.42 Å². The van der Waals surface area contributed by atoms with Crippen molar-refractivity contribution >= 4 is 32.2 Å². The van der Waals surface area contributed by atoms with Crippen LogP contribution < -0.4 is 4.83 Å². The van der Waals surface area contributed by atoms with Crippen LogP contribution in [-0.2, 0) is 16.4 Å². The normalized spacial score (nSPS) is 11.7.